The van der Waals surface area contributed by atoms with Gasteiger partial charge in [-0.2, -0.15) is 0 Å². The maximum Gasteiger partial charge on any atom is 0.167 e. The maximum atomic E-state index is 11.9. The predicted molar refractivity (Wildman–Crippen MR) is 64.3 cm³/mol. The van der Waals surface area contributed by atoms with Gasteiger partial charge in [0.15, 0.2) is 5.78 Å². The van der Waals surface area contributed by atoms with Gasteiger partial charge in [-0.25, -0.2) is 0 Å². The Morgan fingerprint density at radius 1 is 1.53 bits per heavy atom. The summed E-state index contributed by atoms with van der Waals surface area (Å²) in [5, 5.41) is 0.485. The van der Waals surface area contributed by atoms with Crippen LogP contribution in [-0.2, 0) is 0 Å². The molecule has 0 aliphatic heterocycles. The van der Waals surface area contributed by atoms with Gasteiger partial charge in [0.1, 0.15) is 0 Å². The molecule has 2 rings (SSSR count). The van der Waals surface area contributed by atoms with Crippen molar-refractivity contribution in [1.82, 2.24) is 0 Å². The zero-order valence-electron chi connectivity index (χ0n) is 8.09. The lowest BCUT2D eigenvalue weighted by molar-refractivity contribution is 0.0970. The molecule has 0 amide bonds. The predicted octanol–water partition coefficient (Wildman–Crippen LogP) is 3.17. The highest BCUT2D eigenvalue weighted by Crippen LogP contribution is 2.38. The van der Waals surface area contributed by atoms with E-state index < -0.39 is 0 Å². The minimum atomic E-state index is -0.268. The van der Waals surface area contributed by atoms with Crippen molar-refractivity contribution >= 4 is 33.3 Å². The zero-order valence-corrected chi connectivity index (χ0v) is 10.4. The number of hydrogen-bond donors (Lipinski definition) is 1. The van der Waals surface area contributed by atoms with Crippen LogP contribution < -0.4 is 5.73 Å². The number of hydrogen-bond acceptors (Lipinski definition) is 2. The summed E-state index contributed by atoms with van der Waals surface area (Å²) in [7, 11) is 0. The summed E-state index contributed by atoms with van der Waals surface area (Å²) in [5.41, 5.74) is 6.19. The Balaban J connectivity index is 2.25. The van der Waals surface area contributed by atoms with Gasteiger partial charge in [-0.15, -0.1) is 0 Å². The Kier molecular flexibility index (Phi) is 2.88. The fraction of sp³-hybridized carbons (Fsp3) is 0.364. The van der Waals surface area contributed by atoms with Crippen LogP contribution in [0.1, 0.15) is 29.6 Å². The van der Waals surface area contributed by atoms with Gasteiger partial charge in [0.2, 0.25) is 0 Å². The Bertz CT molecular complexity index is 395. The van der Waals surface area contributed by atoms with Crippen molar-refractivity contribution in [2.45, 2.75) is 24.8 Å². The Hall–Kier alpha value is -0.380. The van der Waals surface area contributed by atoms with E-state index in [-0.39, 0.29) is 11.3 Å². The second-order valence-corrected chi connectivity index (χ2v) is 5.32. The number of Topliss-reactive ketones (excluding diaryl/α,β-unsaturated/α-hetero) is 1. The average molecular weight is 289 g/mol. The number of rotatable bonds is 3. The van der Waals surface area contributed by atoms with E-state index in [9.17, 15) is 4.79 Å². The highest BCUT2D eigenvalue weighted by Gasteiger charge is 2.40. The summed E-state index contributed by atoms with van der Waals surface area (Å²) in [4.78, 5) is 11.9. The standard InChI is InChI=1S/C11H11BrClNO/c12-7-2-1-3-8(13)10(7)9(15)6-11(14)4-5-11/h1-3H,4-6,14H2. The number of halogens is 2. The average Bonchev–Trinajstić information content (AvgIpc) is 2.82. The van der Waals surface area contributed by atoms with Crippen molar-refractivity contribution in [3.8, 4) is 0 Å². The molecule has 2 nitrogen and oxygen atoms in total. The molecule has 0 saturated heterocycles. The van der Waals surface area contributed by atoms with Crippen LogP contribution in [0.3, 0.4) is 0 Å². The lowest BCUT2D eigenvalue weighted by Crippen LogP contribution is -2.25. The minimum Gasteiger partial charge on any atom is -0.325 e. The van der Waals surface area contributed by atoms with E-state index >= 15 is 0 Å². The molecule has 4 heteroatoms. The molecule has 1 saturated carbocycles. The first-order valence-corrected chi connectivity index (χ1v) is 5.95. The summed E-state index contributed by atoms with van der Waals surface area (Å²) >= 11 is 9.31. The molecule has 1 aliphatic carbocycles. The summed E-state index contributed by atoms with van der Waals surface area (Å²) in [6.07, 6.45) is 2.25. The molecule has 0 radical (unpaired) electrons. The Morgan fingerprint density at radius 2 is 2.20 bits per heavy atom. The SMILES string of the molecule is NC1(CC(=O)c2c(Cl)cccc2Br)CC1. The topological polar surface area (TPSA) is 43.1 Å². The van der Waals surface area contributed by atoms with Crippen LogP contribution in [-0.4, -0.2) is 11.3 Å². The summed E-state index contributed by atoms with van der Waals surface area (Å²) in [5.74, 6) is 0.0208. The van der Waals surface area contributed by atoms with Crippen LogP contribution in [0.5, 0.6) is 0 Å². The monoisotopic (exact) mass is 287 g/mol. The van der Waals surface area contributed by atoms with Crippen molar-refractivity contribution in [1.29, 1.82) is 0 Å². The van der Waals surface area contributed by atoms with E-state index in [1.807, 2.05) is 6.07 Å². The van der Waals surface area contributed by atoms with E-state index in [1.165, 1.54) is 0 Å². The van der Waals surface area contributed by atoms with Crippen LogP contribution in [0.2, 0.25) is 5.02 Å². The molecule has 1 aliphatic rings. The Labute approximate surface area is 102 Å². The molecule has 0 aromatic heterocycles. The van der Waals surface area contributed by atoms with E-state index in [1.54, 1.807) is 12.1 Å². The first kappa shape index (κ1) is 11.1. The van der Waals surface area contributed by atoms with Gasteiger partial charge < -0.3 is 5.73 Å². The molecule has 0 bridgehead atoms. The molecule has 80 valence electrons. The van der Waals surface area contributed by atoms with E-state index in [0.29, 0.717) is 17.0 Å². The van der Waals surface area contributed by atoms with Crippen molar-refractivity contribution in [3.05, 3.63) is 33.3 Å². The second-order valence-electron chi connectivity index (χ2n) is 4.06. The fourth-order valence-corrected chi connectivity index (χ4v) is 2.49. The Morgan fingerprint density at radius 3 is 2.73 bits per heavy atom. The summed E-state index contributed by atoms with van der Waals surface area (Å²) < 4.78 is 0.740. The van der Waals surface area contributed by atoms with Gasteiger partial charge in [-0.3, -0.25) is 4.79 Å². The number of carbonyl (C=O) groups excluding carboxylic acids is 1. The number of carbonyl (C=O) groups is 1. The molecular formula is C11H11BrClNO. The quantitative estimate of drug-likeness (QED) is 0.868. The van der Waals surface area contributed by atoms with Crippen molar-refractivity contribution in [2.75, 3.05) is 0 Å². The van der Waals surface area contributed by atoms with Gasteiger partial charge in [0.05, 0.1) is 10.6 Å². The molecular weight excluding hydrogens is 277 g/mol. The van der Waals surface area contributed by atoms with E-state index in [0.717, 1.165) is 17.3 Å². The summed E-state index contributed by atoms with van der Waals surface area (Å²) in [6.45, 7) is 0. The van der Waals surface area contributed by atoms with Crippen LogP contribution in [0.15, 0.2) is 22.7 Å². The van der Waals surface area contributed by atoms with Crippen molar-refractivity contribution in [2.24, 2.45) is 5.73 Å². The highest BCUT2D eigenvalue weighted by atomic mass is 79.9. The number of ketones is 1. The van der Waals surface area contributed by atoms with Crippen LogP contribution in [0, 0.1) is 0 Å². The first-order valence-electron chi connectivity index (χ1n) is 4.78. The zero-order chi connectivity index (χ0) is 11.1. The highest BCUT2D eigenvalue weighted by molar-refractivity contribution is 9.10. The maximum absolute atomic E-state index is 11.9. The third-order valence-corrected chi connectivity index (χ3v) is 3.62. The van der Waals surface area contributed by atoms with Gasteiger partial charge in [0, 0.05) is 16.4 Å². The fourth-order valence-electron chi connectivity index (χ4n) is 1.51. The normalized spacial score (nSPS) is 17.5. The molecule has 0 spiro atoms. The molecule has 0 unspecified atom stereocenters. The van der Waals surface area contributed by atoms with Crippen LogP contribution in [0.4, 0.5) is 0 Å². The van der Waals surface area contributed by atoms with Gasteiger partial charge in [0.25, 0.3) is 0 Å². The number of benzene rings is 1. The third kappa shape index (κ3) is 2.41. The lowest BCUT2D eigenvalue weighted by Gasteiger charge is -2.09. The lowest BCUT2D eigenvalue weighted by atomic mass is 10.0. The smallest absolute Gasteiger partial charge is 0.167 e. The largest absolute Gasteiger partial charge is 0.325 e. The van der Waals surface area contributed by atoms with Gasteiger partial charge >= 0.3 is 0 Å². The second kappa shape index (κ2) is 3.89. The number of nitrogens with two attached hydrogens (primary N) is 1. The minimum absolute atomic E-state index is 0.0208. The molecule has 0 heterocycles. The van der Waals surface area contributed by atoms with E-state index in [4.69, 9.17) is 17.3 Å². The van der Waals surface area contributed by atoms with Crippen LogP contribution in [0.25, 0.3) is 0 Å². The molecule has 15 heavy (non-hydrogen) atoms. The molecule has 0 atom stereocenters. The third-order valence-electron chi connectivity index (χ3n) is 2.65. The van der Waals surface area contributed by atoms with Gasteiger partial charge in [-0.1, -0.05) is 17.7 Å². The molecule has 1 aromatic carbocycles. The molecule has 2 N–H and O–H groups in total. The first-order chi connectivity index (χ1) is 7.02. The molecule has 1 fully saturated rings. The van der Waals surface area contributed by atoms with Gasteiger partial charge in [-0.05, 0) is 40.9 Å². The molecule has 1 aromatic rings. The summed E-state index contributed by atoms with van der Waals surface area (Å²) in [6, 6.07) is 5.34. The van der Waals surface area contributed by atoms with Crippen LogP contribution >= 0.6 is 27.5 Å². The van der Waals surface area contributed by atoms with Crippen molar-refractivity contribution in [3.63, 3.8) is 0 Å². The van der Waals surface area contributed by atoms with Crippen molar-refractivity contribution < 1.29 is 4.79 Å². The van der Waals surface area contributed by atoms with E-state index in [2.05, 4.69) is 15.9 Å².